The second-order valence-corrected chi connectivity index (χ2v) is 6.67. The summed E-state index contributed by atoms with van der Waals surface area (Å²) in [6, 6.07) is 3.77. The van der Waals surface area contributed by atoms with Crippen molar-refractivity contribution in [3.05, 3.63) is 39.7 Å². The SMILES string of the molecule is Cc1nn(C)c(NCc2cccnc2N2CCC(C(N)=O)CC2)c1[N+](=O)[O-]. The maximum Gasteiger partial charge on any atom is 0.333 e. The Balaban J connectivity index is 1.76. The van der Waals surface area contributed by atoms with E-state index in [1.54, 1.807) is 20.2 Å². The fourth-order valence-electron chi connectivity index (χ4n) is 3.47. The largest absolute Gasteiger partial charge is 0.369 e. The van der Waals surface area contributed by atoms with Crippen molar-refractivity contribution in [2.75, 3.05) is 23.3 Å². The van der Waals surface area contributed by atoms with Crippen LogP contribution in [0.3, 0.4) is 0 Å². The minimum absolute atomic E-state index is 0.0230. The van der Waals surface area contributed by atoms with E-state index < -0.39 is 4.92 Å². The molecule has 1 aliphatic rings. The number of piperidine rings is 1. The number of amides is 1. The zero-order valence-corrected chi connectivity index (χ0v) is 15.4. The van der Waals surface area contributed by atoms with Crippen molar-refractivity contribution in [3.63, 3.8) is 0 Å². The van der Waals surface area contributed by atoms with Crippen molar-refractivity contribution in [2.45, 2.75) is 26.3 Å². The third-order valence-corrected chi connectivity index (χ3v) is 4.88. The van der Waals surface area contributed by atoms with Gasteiger partial charge in [-0.05, 0) is 25.8 Å². The average Bonchev–Trinajstić information content (AvgIpc) is 2.93. The Bertz CT molecular complexity index is 856. The van der Waals surface area contributed by atoms with Gasteiger partial charge < -0.3 is 16.0 Å². The lowest BCUT2D eigenvalue weighted by Gasteiger charge is -2.32. The van der Waals surface area contributed by atoms with E-state index in [4.69, 9.17) is 5.73 Å². The highest BCUT2D eigenvalue weighted by Gasteiger charge is 2.26. The van der Waals surface area contributed by atoms with Gasteiger partial charge in [-0.1, -0.05) is 6.07 Å². The number of nitrogens with one attached hydrogen (secondary N) is 1. The summed E-state index contributed by atoms with van der Waals surface area (Å²) in [5, 5.41) is 18.6. The number of anilines is 2. The van der Waals surface area contributed by atoms with E-state index >= 15 is 0 Å². The highest BCUT2D eigenvalue weighted by molar-refractivity contribution is 5.77. The van der Waals surface area contributed by atoms with Gasteiger partial charge in [0.25, 0.3) is 0 Å². The summed E-state index contributed by atoms with van der Waals surface area (Å²) in [6.45, 7) is 3.38. The summed E-state index contributed by atoms with van der Waals surface area (Å²) in [6.07, 6.45) is 3.12. The van der Waals surface area contributed by atoms with Crippen molar-refractivity contribution in [3.8, 4) is 0 Å². The topological polar surface area (TPSA) is 132 Å². The second kappa shape index (κ2) is 7.60. The summed E-state index contributed by atoms with van der Waals surface area (Å²) >= 11 is 0. The lowest BCUT2D eigenvalue weighted by Crippen LogP contribution is -2.39. The van der Waals surface area contributed by atoms with Gasteiger partial charge in [-0.15, -0.1) is 0 Å². The number of pyridine rings is 1. The molecule has 0 spiro atoms. The molecule has 0 aliphatic carbocycles. The fourth-order valence-corrected chi connectivity index (χ4v) is 3.47. The number of aromatic nitrogens is 3. The van der Waals surface area contributed by atoms with Crippen molar-refractivity contribution < 1.29 is 9.72 Å². The number of nitro groups is 1. The predicted molar refractivity (Wildman–Crippen MR) is 100 cm³/mol. The van der Waals surface area contributed by atoms with E-state index in [1.807, 2.05) is 12.1 Å². The van der Waals surface area contributed by atoms with Crippen LogP contribution >= 0.6 is 0 Å². The average molecular weight is 373 g/mol. The van der Waals surface area contributed by atoms with Crippen LogP contribution in [0, 0.1) is 23.0 Å². The molecule has 0 aromatic carbocycles. The van der Waals surface area contributed by atoms with Crippen LogP contribution in [0.1, 0.15) is 24.1 Å². The summed E-state index contributed by atoms with van der Waals surface area (Å²) in [5.41, 5.74) is 6.66. The minimum Gasteiger partial charge on any atom is -0.369 e. The Hall–Kier alpha value is -3.17. The molecule has 3 N–H and O–H groups in total. The smallest absolute Gasteiger partial charge is 0.333 e. The first-order valence-electron chi connectivity index (χ1n) is 8.78. The second-order valence-electron chi connectivity index (χ2n) is 6.67. The maximum absolute atomic E-state index is 11.4. The summed E-state index contributed by atoms with van der Waals surface area (Å²) in [7, 11) is 1.67. The monoisotopic (exact) mass is 373 g/mol. The number of primary amides is 1. The Morgan fingerprint density at radius 3 is 2.78 bits per heavy atom. The van der Waals surface area contributed by atoms with Crippen LogP contribution in [0.4, 0.5) is 17.3 Å². The van der Waals surface area contributed by atoms with Gasteiger partial charge >= 0.3 is 5.69 Å². The van der Waals surface area contributed by atoms with E-state index in [-0.39, 0.29) is 17.5 Å². The van der Waals surface area contributed by atoms with Crippen molar-refractivity contribution >= 4 is 23.2 Å². The molecule has 2 aromatic heterocycles. The van der Waals surface area contributed by atoms with E-state index in [9.17, 15) is 14.9 Å². The number of aryl methyl sites for hydroxylation is 2. The van der Waals surface area contributed by atoms with Gasteiger partial charge in [-0.25, -0.2) is 9.67 Å². The normalized spacial score (nSPS) is 15.0. The number of nitrogens with two attached hydrogens (primary N) is 1. The summed E-state index contributed by atoms with van der Waals surface area (Å²) < 4.78 is 1.47. The third kappa shape index (κ3) is 3.83. The molecule has 1 amide bonds. The lowest BCUT2D eigenvalue weighted by molar-refractivity contribution is -0.384. The molecule has 3 rings (SSSR count). The number of carbonyl (C=O) groups is 1. The van der Waals surface area contributed by atoms with Crippen molar-refractivity contribution in [2.24, 2.45) is 18.7 Å². The van der Waals surface area contributed by atoms with Gasteiger partial charge in [0.2, 0.25) is 11.7 Å². The van der Waals surface area contributed by atoms with Gasteiger partial charge in [0.05, 0.1) is 4.92 Å². The Morgan fingerprint density at radius 1 is 1.44 bits per heavy atom. The molecule has 0 radical (unpaired) electrons. The Kier molecular flexibility index (Phi) is 5.24. The van der Waals surface area contributed by atoms with Crippen LogP contribution in [0.15, 0.2) is 18.3 Å². The van der Waals surface area contributed by atoms with Crippen LogP contribution < -0.4 is 16.0 Å². The first-order valence-corrected chi connectivity index (χ1v) is 8.78. The summed E-state index contributed by atoms with van der Waals surface area (Å²) in [5.74, 6) is 0.831. The molecule has 0 bridgehead atoms. The Morgan fingerprint density at radius 2 is 2.15 bits per heavy atom. The minimum atomic E-state index is -0.427. The molecule has 0 saturated carbocycles. The van der Waals surface area contributed by atoms with Crippen LogP contribution in [0.5, 0.6) is 0 Å². The molecule has 1 saturated heterocycles. The zero-order chi connectivity index (χ0) is 19.6. The summed E-state index contributed by atoms with van der Waals surface area (Å²) in [4.78, 5) is 28.9. The van der Waals surface area contributed by atoms with Gasteiger partial charge in [0.15, 0.2) is 0 Å². The van der Waals surface area contributed by atoms with Crippen LogP contribution in [0.25, 0.3) is 0 Å². The molecule has 2 aromatic rings. The first kappa shape index (κ1) is 18.6. The van der Waals surface area contributed by atoms with Crippen molar-refractivity contribution in [1.82, 2.24) is 14.8 Å². The van der Waals surface area contributed by atoms with Gasteiger partial charge in [0, 0.05) is 44.4 Å². The number of nitrogens with zero attached hydrogens (tertiary/aromatic N) is 5. The lowest BCUT2D eigenvalue weighted by atomic mass is 9.96. The van der Waals surface area contributed by atoms with E-state index in [0.29, 0.717) is 44.0 Å². The quantitative estimate of drug-likeness (QED) is 0.577. The highest BCUT2D eigenvalue weighted by Crippen LogP contribution is 2.29. The third-order valence-electron chi connectivity index (χ3n) is 4.88. The maximum atomic E-state index is 11.4. The molecule has 0 unspecified atom stereocenters. The standard InChI is InChI=1S/C17H23N7O3/c1-11-14(24(26)27)17(22(2)21-11)20-10-13-4-3-7-19-16(13)23-8-5-12(6-9-23)15(18)25/h3-4,7,12,20H,5-6,8-10H2,1-2H3,(H2,18,25). The molecule has 1 aliphatic heterocycles. The molecule has 1 fully saturated rings. The molecule has 3 heterocycles. The fraction of sp³-hybridized carbons (Fsp3) is 0.471. The highest BCUT2D eigenvalue weighted by atomic mass is 16.6. The zero-order valence-electron chi connectivity index (χ0n) is 15.4. The van der Waals surface area contributed by atoms with Gasteiger partial charge in [-0.2, -0.15) is 5.10 Å². The van der Waals surface area contributed by atoms with E-state index in [2.05, 4.69) is 20.3 Å². The number of hydrogen-bond acceptors (Lipinski definition) is 7. The Labute approximate surface area is 156 Å². The molecule has 27 heavy (non-hydrogen) atoms. The molecule has 0 atom stereocenters. The number of hydrogen-bond donors (Lipinski definition) is 2. The molecular weight excluding hydrogens is 350 g/mol. The van der Waals surface area contributed by atoms with Crippen molar-refractivity contribution in [1.29, 1.82) is 0 Å². The number of rotatable bonds is 6. The number of carbonyl (C=O) groups excluding carboxylic acids is 1. The molecule has 144 valence electrons. The van der Waals surface area contributed by atoms with Crippen LogP contribution in [-0.4, -0.2) is 38.7 Å². The van der Waals surface area contributed by atoms with Crippen LogP contribution in [-0.2, 0) is 18.4 Å². The van der Waals surface area contributed by atoms with Crippen LogP contribution in [0.2, 0.25) is 0 Å². The van der Waals surface area contributed by atoms with Gasteiger partial charge in [-0.3, -0.25) is 14.9 Å². The molecular formula is C17H23N7O3. The first-order chi connectivity index (χ1) is 12.9. The predicted octanol–water partition coefficient (Wildman–Crippen LogP) is 1.35. The molecule has 10 heteroatoms. The van der Waals surface area contributed by atoms with E-state index in [1.165, 1.54) is 4.68 Å². The molecule has 10 nitrogen and oxygen atoms in total. The van der Waals surface area contributed by atoms with Gasteiger partial charge in [0.1, 0.15) is 11.5 Å². The van der Waals surface area contributed by atoms with E-state index in [0.717, 1.165) is 11.4 Å².